The summed E-state index contributed by atoms with van der Waals surface area (Å²) < 4.78 is 23.1. The van der Waals surface area contributed by atoms with Gasteiger partial charge in [0.25, 0.3) is 0 Å². The van der Waals surface area contributed by atoms with Gasteiger partial charge in [0, 0.05) is 55.0 Å². The van der Waals surface area contributed by atoms with Gasteiger partial charge in [0.1, 0.15) is 24.7 Å². The molecule has 1 spiro atoms. The highest BCUT2D eigenvalue weighted by molar-refractivity contribution is 5.83. The molecular formula is C30H37N3O5. The maximum absolute atomic E-state index is 13.9. The number of allylic oxidation sites excluding steroid dienone is 1. The van der Waals surface area contributed by atoms with Gasteiger partial charge in [-0.2, -0.15) is 0 Å². The number of amides is 2. The van der Waals surface area contributed by atoms with Gasteiger partial charge in [-0.1, -0.05) is 25.1 Å². The number of likely N-dealkylation sites (N-methyl/N-ethyl adjacent to an activating group) is 1. The van der Waals surface area contributed by atoms with Gasteiger partial charge in [0.2, 0.25) is 0 Å². The molecular weight excluding hydrogens is 482 g/mol. The van der Waals surface area contributed by atoms with Crippen molar-refractivity contribution in [2.45, 2.75) is 51.2 Å². The highest BCUT2D eigenvalue weighted by Gasteiger charge is 2.54. The number of likely N-dealkylation sites (tertiary alicyclic amines) is 1. The normalized spacial score (nSPS) is 22.1. The van der Waals surface area contributed by atoms with Crippen LogP contribution in [0.2, 0.25) is 0 Å². The number of hydrogen-bond acceptors (Lipinski definition) is 6. The van der Waals surface area contributed by atoms with Crippen LogP contribution in [0.1, 0.15) is 49.3 Å². The summed E-state index contributed by atoms with van der Waals surface area (Å²) in [6, 6.07) is 10.2. The van der Waals surface area contributed by atoms with E-state index in [-0.39, 0.29) is 17.5 Å². The summed E-state index contributed by atoms with van der Waals surface area (Å²) in [6.07, 6.45) is 4.10. The average molecular weight is 520 g/mol. The quantitative estimate of drug-likeness (QED) is 0.567. The second-order valence-corrected chi connectivity index (χ2v) is 10.6. The summed E-state index contributed by atoms with van der Waals surface area (Å²) in [5, 5.41) is 0. The molecule has 6 rings (SSSR count). The number of hydrogen-bond donors (Lipinski definition) is 0. The van der Waals surface area contributed by atoms with E-state index in [9.17, 15) is 4.79 Å². The second-order valence-electron chi connectivity index (χ2n) is 10.6. The van der Waals surface area contributed by atoms with E-state index in [0.717, 1.165) is 77.9 Å². The zero-order chi connectivity index (χ0) is 26.4. The van der Waals surface area contributed by atoms with Crippen LogP contribution >= 0.6 is 0 Å². The van der Waals surface area contributed by atoms with Crippen molar-refractivity contribution in [3.63, 3.8) is 0 Å². The van der Waals surface area contributed by atoms with Crippen LogP contribution in [0.5, 0.6) is 23.0 Å². The van der Waals surface area contributed by atoms with Crippen LogP contribution in [0.15, 0.2) is 42.1 Å². The molecule has 8 heteroatoms. The van der Waals surface area contributed by atoms with Crippen LogP contribution in [0, 0.1) is 0 Å². The molecule has 2 fully saturated rings. The standard InChI is InChI=1S/C30H37N3O5/c1-5-33-29(34)32-19-22-16-23(35-3)17-25(36-4)27(22)20(2)15-26(32)30(33)9-11-31(12-10-30)18-21-7-6-8-24-28(21)38-14-13-37-24/h6-8,15-17,20H,5,9-14,18-19H2,1-4H3/t20-/m0/s1. The van der Waals surface area contributed by atoms with E-state index < -0.39 is 0 Å². The molecule has 0 radical (unpaired) electrons. The predicted molar refractivity (Wildman–Crippen MR) is 144 cm³/mol. The lowest BCUT2D eigenvalue weighted by Gasteiger charge is -2.44. The summed E-state index contributed by atoms with van der Waals surface area (Å²) in [5.41, 5.74) is 4.21. The number of rotatable bonds is 5. The first-order chi connectivity index (χ1) is 18.5. The Balaban J connectivity index is 1.29. The first kappa shape index (κ1) is 24.9. The minimum atomic E-state index is -0.300. The van der Waals surface area contributed by atoms with Gasteiger partial charge < -0.3 is 23.8 Å². The summed E-state index contributed by atoms with van der Waals surface area (Å²) in [7, 11) is 3.36. The van der Waals surface area contributed by atoms with Crippen LogP contribution in [0.4, 0.5) is 4.79 Å². The Morgan fingerprint density at radius 1 is 1.08 bits per heavy atom. The highest BCUT2D eigenvalue weighted by Crippen LogP contribution is 2.49. The number of carbonyl (C=O) groups is 1. The zero-order valence-electron chi connectivity index (χ0n) is 22.8. The monoisotopic (exact) mass is 519 g/mol. The van der Waals surface area contributed by atoms with Gasteiger partial charge in [-0.25, -0.2) is 4.79 Å². The number of benzene rings is 2. The molecule has 38 heavy (non-hydrogen) atoms. The van der Waals surface area contributed by atoms with Gasteiger partial charge >= 0.3 is 6.03 Å². The molecule has 0 aliphatic carbocycles. The fourth-order valence-electron chi connectivity index (χ4n) is 6.84. The maximum atomic E-state index is 13.9. The maximum Gasteiger partial charge on any atom is 0.325 e. The Labute approximate surface area is 224 Å². The van der Waals surface area contributed by atoms with E-state index in [1.54, 1.807) is 14.2 Å². The number of piperidine rings is 1. The molecule has 2 amide bonds. The number of ether oxygens (including phenoxy) is 4. The second kappa shape index (κ2) is 9.73. The first-order valence-electron chi connectivity index (χ1n) is 13.6. The van der Waals surface area contributed by atoms with Gasteiger partial charge in [-0.05, 0) is 37.5 Å². The van der Waals surface area contributed by atoms with E-state index >= 15 is 0 Å². The Morgan fingerprint density at radius 3 is 2.61 bits per heavy atom. The SMILES string of the molecule is CCN1C(=O)N2Cc3cc(OC)cc(OC)c3[C@@H](C)C=C2C12CCN(Cc1cccc3c1OCCO3)CC2. The number of methoxy groups -OCH3 is 2. The Morgan fingerprint density at radius 2 is 1.87 bits per heavy atom. The zero-order valence-corrected chi connectivity index (χ0v) is 22.8. The molecule has 0 bridgehead atoms. The van der Waals surface area contributed by atoms with Gasteiger partial charge in [0.05, 0.1) is 26.3 Å². The van der Waals surface area contributed by atoms with Crippen LogP contribution in [-0.4, -0.2) is 73.3 Å². The Hall–Kier alpha value is -3.39. The molecule has 0 saturated carbocycles. The van der Waals surface area contributed by atoms with E-state index in [2.05, 4.69) is 41.9 Å². The van der Waals surface area contributed by atoms with Crippen molar-refractivity contribution >= 4 is 6.03 Å². The fourth-order valence-corrected chi connectivity index (χ4v) is 6.84. The van der Waals surface area contributed by atoms with Gasteiger partial charge in [-0.15, -0.1) is 0 Å². The largest absolute Gasteiger partial charge is 0.497 e. The van der Waals surface area contributed by atoms with Gasteiger partial charge in [-0.3, -0.25) is 9.80 Å². The first-order valence-corrected chi connectivity index (χ1v) is 13.6. The smallest absolute Gasteiger partial charge is 0.325 e. The third-order valence-corrected chi connectivity index (χ3v) is 8.64. The third kappa shape index (κ3) is 3.88. The molecule has 1 atom stereocenters. The number of para-hydroxylation sites is 1. The summed E-state index contributed by atoms with van der Waals surface area (Å²) in [4.78, 5) is 20.4. The van der Waals surface area contributed by atoms with Crippen molar-refractivity contribution in [2.24, 2.45) is 0 Å². The lowest BCUT2D eigenvalue weighted by atomic mass is 9.82. The Kier molecular flexibility index (Phi) is 6.38. The molecule has 8 nitrogen and oxygen atoms in total. The number of fused-ring (bicyclic) bond motifs is 4. The van der Waals surface area contributed by atoms with E-state index in [0.29, 0.717) is 26.3 Å². The molecule has 2 saturated heterocycles. The van der Waals surface area contributed by atoms with Crippen LogP contribution in [0.3, 0.4) is 0 Å². The molecule has 2 aromatic rings. The number of nitrogens with zero attached hydrogens (tertiary/aromatic N) is 3. The van der Waals surface area contributed by atoms with Crippen molar-refractivity contribution in [3.05, 3.63) is 58.8 Å². The summed E-state index contributed by atoms with van der Waals surface area (Å²) in [5.74, 6) is 3.37. The molecule has 4 aliphatic rings. The lowest BCUT2D eigenvalue weighted by molar-refractivity contribution is 0.0875. The average Bonchev–Trinajstić information content (AvgIpc) is 3.04. The van der Waals surface area contributed by atoms with Crippen molar-refractivity contribution in [2.75, 3.05) is 47.1 Å². The number of urea groups is 1. The molecule has 0 unspecified atom stereocenters. The van der Waals surface area contributed by atoms with Crippen molar-refractivity contribution in [1.29, 1.82) is 0 Å². The topological polar surface area (TPSA) is 63.7 Å². The van der Waals surface area contributed by atoms with Crippen LogP contribution < -0.4 is 18.9 Å². The van der Waals surface area contributed by atoms with E-state index in [4.69, 9.17) is 18.9 Å². The molecule has 2 aromatic carbocycles. The van der Waals surface area contributed by atoms with E-state index in [1.807, 2.05) is 23.1 Å². The minimum absolute atomic E-state index is 0.0942. The molecule has 0 aromatic heterocycles. The van der Waals surface area contributed by atoms with Gasteiger partial charge in [0.15, 0.2) is 11.5 Å². The van der Waals surface area contributed by atoms with Crippen molar-refractivity contribution < 1.29 is 23.7 Å². The fraction of sp³-hybridized carbons (Fsp3) is 0.500. The molecule has 4 heterocycles. The van der Waals surface area contributed by atoms with Crippen LogP contribution in [0.25, 0.3) is 0 Å². The van der Waals surface area contributed by atoms with Crippen molar-refractivity contribution in [1.82, 2.24) is 14.7 Å². The summed E-state index contributed by atoms with van der Waals surface area (Å²) in [6.45, 7) is 9.29. The van der Waals surface area contributed by atoms with Crippen LogP contribution in [-0.2, 0) is 13.1 Å². The number of carbonyl (C=O) groups excluding carboxylic acids is 1. The molecule has 0 N–H and O–H groups in total. The molecule has 202 valence electrons. The lowest BCUT2D eigenvalue weighted by Crippen LogP contribution is -2.53. The summed E-state index contributed by atoms with van der Waals surface area (Å²) >= 11 is 0. The minimum Gasteiger partial charge on any atom is -0.497 e. The Bertz CT molecular complexity index is 1270. The molecule has 4 aliphatic heterocycles. The predicted octanol–water partition coefficient (Wildman–Crippen LogP) is 4.77. The third-order valence-electron chi connectivity index (χ3n) is 8.64. The highest BCUT2D eigenvalue weighted by atomic mass is 16.6. The van der Waals surface area contributed by atoms with Crippen molar-refractivity contribution in [3.8, 4) is 23.0 Å². The van der Waals surface area contributed by atoms with E-state index in [1.165, 1.54) is 0 Å².